The highest BCUT2D eigenvalue weighted by Gasteiger charge is 2.09. The van der Waals surface area contributed by atoms with E-state index in [9.17, 15) is 0 Å². The van der Waals surface area contributed by atoms with Crippen molar-refractivity contribution < 1.29 is 0 Å². The third kappa shape index (κ3) is 3.68. The van der Waals surface area contributed by atoms with E-state index in [0.29, 0.717) is 0 Å². The van der Waals surface area contributed by atoms with Crippen LogP contribution in [0.5, 0.6) is 0 Å². The molecule has 1 aliphatic heterocycles. The molecule has 1 nitrogen and oxygen atoms in total. The number of rotatable bonds is 4. The van der Waals surface area contributed by atoms with E-state index in [-0.39, 0.29) is 0 Å². The predicted octanol–water partition coefficient (Wildman–Crippen LogP) is 1.96. The zero-order valence-corrected chi connectivity index (χ0v) is 10.4. The SMILES string of the molecule is Cc1cccc(BCCN2CCCCC2)c1. The molecule has 0 aromatic heterocycles. The molecule has 1 saturated heterocycles. The van der Waals surface area contributed by atoms with Gasteiger partial charge in [-0.25, -0.2) is 0 Å². The van der Waals surface area contributed by atoms with Crippen LogP contribution in [0.2, 0.25) is 6.32 Å². The lowest BCUT2D eigenvalue weighted by atomic mass is 9.67. The van der Waals surface area contributed by atoms with E-state index in [1.807, 2.05) is 0 Å². The molecular weight excluding hydrogens is 193 g/mol. The quantitative estimate of drug-likeness (QED) is 0.694. The van der Waals surface area contributed by atoms with Crippen LogP contribution in [-0.2, 0) is 0 Å². The summed E-state index contributed by atoms with van der Waals surface area (Å²) >= 11 is 0. The van der Waals surface area contributed by atoms with Gasteiger partial charge >= 0.3 is 0 Å². The van der Waals surface area contributed by atoms with Crippen molar-refractivity contribution in [3.63, 3.8) is 0 Å². The van der Waals surface area contributed by atoms with Crippen molar-refractivity contribution in [3.8, 4) is 0 Å². The second-order valence-electron chi connectivity index (χ2n) is 4.99. The van der Waals surface area contributed by atoms with Crippen LogP contribution in [-0.4, -0.2) is 31.8 Å². The first-order chi connectivity index (χ1) is 7.84. The number of likely N-dealkylation sites (tertiary alicyclic amines) is 1. The number of hydrogen-bond acceptors (Lipinski definition) is 1. The maximum atomic E-state index is 2.62. The van der Waals surface area contributed by atoms with Gasteiger partial charge in [0.1, 0.15) is 0 Å². The Kier molecular flexibility index (Phi) is 4.47. The minimum absolute atomic E-state index is 1.23. The third-order valence-corrected chi connectivity index (χ3v) is 3.47. The highest BCUT2D eigenvalue weighted by atomic mass is 15.1. The number of nitrogens with zero attached hydrogens (tertiary/aromatic N) is 1. The maximum absolute atomic E-state index is 2.62. The maximum Gasteiger partial charge on any atom is 0.158 e. The van der Waals surface area contributed by atoms with Gasteiger partial charge in [0.15, 0.2) is 7.28 Å². The first kappa shape index (κ1) is 11.7. The zero-order valence-electron chi connectivity index (χ0n) is 10.4. The molecule has 1 aliphatic rings. The van der Waals surface area contributed by atoms with Gasteiger partial charge in [0.05, 0.1) is 0 Å². The summed E-state index contributed by atoms with van der Waals surface area (Å²) in [6.07, 6.45) is 5.56. The topological polar surface area (TPSA) is 3.24 Å². The van der Waals surface area contributed by atoms with Crippen LogP contribution in [0, 0.1) is 6.92 Å². The third-order valence-electron chi connectivity index (χ3n) is 3.47. The molecule has 0 atom stereocenters. The highest BCUT2D eigenvalue weighted by molar-refractivity contribution is 6.53. The minimum Gasteiger partial charge on any atom is -0.304 e. The van der Waals surface area contributed by atoms with E-state index in [0.717, 1.165) is 0 Å². The van der Waals surface area contributed by atoms with Crippen molar-refractivity contribution in [1.29, 1.82) is 0 Å². The molecule has 2 heteroatoms. The van der Waals surface area contributed by atoms with Crippen LogP contribution in [0.1, 0.15) is 24.8 Å². The molecule has 0 unspecified atom stereocenters. The van der Waals surface area contributed by atoms with Crippen LogP contribution < -0.4 is 5.46 Å². The number of aryl methyl sites for hydroxylation is 1. The molecule has 2 rings (SSSR count). The lowest BCUT2D eigenvalue weighted by Gasteiger charge is -2.26. The van der Waals surface area contributed by atoms with Crippen LogP contribution in [0.4, 0.5) is 0 Å². The Bertz CT molecular complexity index is 318. The Morgan fingerprint density at radius 3 is 2.75 bits per heavy atom. The van der Waals surface area contributed by atoms with Gasteiger partial charge < -0.3 is 4.90 Å². The van der Waals surface area contributed by atoms with Crippen LogP contribution in [0.15, 0.2) is 24.3 Å². The summed E-state index contributed by atoms with van der Waals surface area (Å²) in [7, 11) is 1.23. The first-order valence-electron chi connectivity index (χ1n) is 6.62. The van der Waals surface area contributed by atoms with E-state index >= 15 is 0 Å². The van der Waals surface area contributed by atoms with Crippen molar-refractivity contribution in [2.24, 2.45) is 0 Å². The van der Waals surface area contributed by atoms with E-state index in [4.69, 9.17) is 0 Å². The fraction of sp³-hybridized carbons (Fsp3) is 0.571. The number of hydrogen-bond donors (Lipinski definition) is 0. The highest BCUT2D eigenvalue weighted by Crippen LogP contribution is 2.08. The van der Waals surface area contributed by atoms with Gasteiger partial charge in [-0.15, -0.1) is 0 Å². The second kappa shape index (κ2) is 6.10. The molecule has 1 fully saturated rings. The van der Waals surface area contributed by atoms with Crippen molar-refractivity contribution in [2.75, 3.05) is 19.6 Å². The van der Waals surface area contributed by atoms with Gasteiger partial charge in [0.2, 0.25) is 0 Å². The Morgan fingerprint density at radius 1 is 1.19 bits per heavy atom. The summed E-state index contributed by atoms with van der Waals surface area (Å²) in [4.78, 5) is 2.62. The predicted molar refractivity (Wildman–Crippen MR) is 73.1 cm³/mol. The molecule has 0 saturated carbocycles. The molecule has 0 spiro atoms. The zero-order chi connectivity index (χ0) is 11.2. The van der Waals surface area contributed by atoms with Crippen molar-refractivity contribution in [1.82, 2.24) is 4.90 Å². The van der Waals surface area contributed by atoms with Gasteiger partial charge in [-0.1, -0.05) is 48.0 Å². The summed E-state index contributed by atoms with van der Waals surface area (Å²) in [6.45, 7) is 6.11. The number of piperidine rings is 1. The van der Waals surface area contributed by atoms with Gasteiger partial charge in [-0.05, 0) is 39.4 Å². The van der Waals surface area contributed by atoms with Crippen LogP contribution in [0.3, 0.4) is 0 Å². The Balaban J connectivity index is 1.71. The van der Waals surface area contributed by atoms with E-state index < -0.39 is 0 Å². The standard InChI is InChI=1S/C14H22BN/c1-13-6-5-7-14(12-13)15-8-11-16-9-3-2-4-10-16/h5-7,12,15H,2-4,8-11H2,1H3. The fourth-order valence-electron chi connectivity index (χ4n) is 2.56. The van der Waals surface area contributed by atoms with Crippen LogP contribution >= 0.6 is 0 Å². The molecular formula is C14H22BN. The lowest BCUT2D eigenvalue weighted by Crippen LogP contribution is -2.32. The van der Waals surface area contributed by atoms with Crippen LogP contribution in [0.25, 0.3) is 0 Å². The normalized spacial score (nSPS) is 17.3. The summed E-state index contributed by atoms with van der Waals surface area (Å²) in [6, 6.07) is 8.92. The molecule has 0 bridgehead atoms. The van der Waals surface area contributed by atoms with Gasteiger partial charge in [0.25, 0.3) is 0 Å². The summed E-state index contributed by atoms with van der Waals surface area (Å²) in [5, 5.41) is 0. The van der Waals surface area contributed by atoms with E-state index in [1.165, 1.54) is 63.5 Å². The monoisotopic (exact) mass is 215 g/mol. The van der Waals surface area contributed by atoms with Gasteiger partial charge in [0, 0.05) is 0 Å². The van der Waals surface area contributed by atoms with Gasteiger partial charge in [-0.2, -0.15) is 0 Å². The minimum atomic E-state index is 1.23. The average Bonchev–Trinajstić information content (AvgIpc) is 2.30. The molecule has 1 aromatic rings. The number of benzene rings is 1. The van der Waals surface area contributed by atoms with Crippen molar-refractivity contribution in [3.05, 3.63) is 29.8 Å². The second-order valence-corrected chi connectivity index (χ2v) is 4.99. The van der Waals surface area contributed by atoms with E-state index in [1.54, 1.807) is 0 Å². The Morgan fingerprint density at radius 2 is 2.00 bits per heavy atom. The largest absolute Gasteiger partial charge is 0.304 e. The fourth-order valence-corrected chi connectivity index (χ4v) is 2.56. The van der Waals surface area contributed by atoms with Gasteiger partial charge in [-0.3, -0.25) is 0 Å². The van der Waals surface area contributed by atoms with Crippen molar-refractivity contribution >= 4 is 12.7 Å². The Labute approximate surface area is 100 Å². The smallest absolute Gasteiger partial charge is 0.158 e. The van der Waals surface area contributed by atoms with Crippen molar-refractivity contribution in [2.45, 2.75) is 32.5 Å². The molecule has 0 amide bonds. The lowest BCUT2D eigenvalue weighted by molar-refractivity contribution is 0.240. The molecule has 0 radical (unpaired) electrons. The molecule has 0 N–H and O–H groups in total. The molecule has 16 heavy (non-hydrogen) atoms. The first-order valence-corrected chi connectivity index (χ1v) is 6.62. The molecule has 86 valence electrons. The molecule has 0 aliphatic carbocycles. The van der Waals surface area contributed by atoms with E-state index in [2.05, 4.69) is 36.1 Å². The summed E-state index contributed by atoms with van der Waals surface area (Å²) in [5.74, 6) is 0. The molecule has 1 heterocycles. The Hall–Kier alpha value is -0.755. The summed E-state index contributed by atoms with van der Waals surface area (Å²) in [5.41, 5.74) is 2.88. The molecule has 1 aromatic carbocycles. The summed E-state index contributed by atoms with van der Waals surface area (Å²) < 4.78 is 0. The average molecular weight is 215 g/mol.